The van der Waals surface area contributed by atoms with Gasteiger partial charge in [0.1, 0.15) is 16.4 Å². The maximum Gasteiger partial charge on any atom is 0.270 e. The zero-order chi connectivity index (χ0) is 13.9. The molecule has 0 saturated heterocycles. The predicted molar refractivity (Wildman–Crippen MR) is 90.7 cm³/mol. The van der Waals surface area contributed by atoms with Crippen molar-refractivity contribution in [1.29, 1.82) is 0 Å². The van der Waals surface area contributed by atoms with E-state index in [-0.39, 0.29) is 36.8 Å². The number of rotatable bonds is 5. The van der Waals surface area contributed by atoms with Gasteiger partial charge in [0.25, 0.3) is 5.91 Å². The summed E-state index contributed by atoms with van der Waals surface area (Å²) in [5.41, 5.74) is 7.02. The molecule has 9 heteroatoms. The van der Waals surface area contributed by atoms with Gasteiger partial charge in [0.2, 0.25) is 0 Å². The third-order valence-corrected chi connectivity index (χ3v) is 4.11. The Morgan fingerprint density at radius 1 is 1.41 bits per heavy atom. The summed E-state index contributed by atoms with van der Waals surface area (Å²) in [6.07, 6.45) is 7.17. The molecule has 2 aromatic rings. The van der Waals surface area contributed by atoms with Gasteiger partial charge in [-0.05, 0) is 18.8 Å². The van der Waals surface area contributed by atoms with Crippen LogP contribution in [0.15, 0.2) is 24.0 Å². The number of halogens is 2. The highest BCUT2D eigenvalue weighted by Gasteiger charge is 2.28. The Hall–Kier alpha value is -1.28. The molecule has 0 spiro atoms. The van der Waals surface area contributed by atoms with Crippen LogP contribution < -0.4 is 11.1 Å². The van der Waals surface area contributed by atoms with Crippen molar-refractivity contribution in [2.24, 2.45) is 11.7 Å². The SMILES string of the molecule is Cl.Cl.NC(CNC(=O)c1csc(-c2cnccn2)n1)C1CC1. The third kappa shape index (κ3) is 4.61. The quantitative estimate of drug-likeness (QED) is 0.848. The molecular weight excluding hydrogens is 345 g/mol. The number of nitrogens with one attached hydrogen (secondary N) is 1. The second-order valence-electron chi connectivity index (χ2n) is 4.84. The number of carbonyl (C=O) groups is 1. The topological polar surface area (TPSA) is 93.8 Å². The fraction of sp³-hybridized carbons (Fsp3) is 0.385. The fourth-order valence-corrected chi connectivity index (χ4v) is 2.66. The molecule has 1 aliphatic rings. The first kappa shape index (κ1) is 18.8. The molecule has 1 unspecified atom stereocenters. The number of thiazole rings is 1. The predicted octanol–water partition coefficient (Wildman–Crippen LogP) is 1.91. The highest BCUT2D eigenvalue weighted by atomic mass is 35.5. The normalized spacial score (nSPS) is 14.4. The number of hydrogen-bond acceptors (Lipinski definition) is 6. The van der Waals surface area contributed by atoms with Crippen molar-refractivity contribution in [3.05, 3.63) is 29.7 Å². The standard InChI is InChI=1S/C13H15N5OS.2ClH/c14-9(8-1-2-8)5-17-12(19)11-7-20-13(18-11)10-6-15-3-4-16-10;;/h3-4,6-9H,1-2,5,14H2,(H,17,19);2*1H. The summed E-state index contributed by atoms with van der Waals surface area (Å²) in [4.78, 5) is 24.4. The van der Waals surface area contributed by atoms with Crippen molar-refractivity contribution in [3.8, 4) is 10.7 Å². The van der Waals surface area contributed by atoms with Gasteiger partial charge in [-0.2, -0.15) is 0 Å². The van der Waals surface area contributed by atoms with Gasteiger partial charge >= 0.3 is 0 Å². The van der Waals surface area contributed by atoms with E-state index in [1.165, 1.54) is 24.2 Å². The lowest BCUT2D eigenvalue weighted by Gasteiger charge is -2.10. The zero-order valence-corrected chi connectivity index (χ0v) is 14.1. The molecule has 1 saturated carbocycles. The van der Waals surface area contributed by atoms with Crippen molar-refractivity contribution in [2.75, 3.05) is 6.54 Å². The number of carbonyl (C=O) groups excluding carboxylic acids is 1. The maximum absolute atomic E-state index is 12.0. The molecule has 22 heavy (non-hydrogen) atoms. The van der Waals surface area contributed by atoms with Crippen LogP contribution in [0, 0.1) is 5.92 Å². The van der Waals surface area contributed by atoms with E-state index in [2.05, 4.69) is 20.3 Å². The van der Waals surface area contributed by atoms with Gasteiger partial charge in [-0.1, -0.05) is 0 Å². The molecule has 0 aliphatic heterocycles. The summed E-state index contributed by atoms with van der Waals surface area (Å²) in [6, 6.07) is 0.0528. The van der Waals surface area contributed by atoms with Gasteiger partial charge < -0.3 is 11.1 Å². The van der Waals surface area contributed by atoms with Crippen LogP contribution in [-0.4, -0.2) is 33.4 Å². The zero-order valence-electron chi connectivity index (χ0n) is 11.6. The largest absolute Gasteiger partial charge is 0.349 e. The fourth-order valence-electron chi connectivity index (χ4n) is 1.90. The number of nitrogens with two attached hydrogens (primary N) is 1. The molecule has 1 amide bonds. The van der Waals surface area contributed by atoms with E-state index in [4.69, 9.17) is 5.73 Å². The van der Waals surface area contributed by atoms with Crippen molar-refractivity contribution in [3.63, 3.8) is 0 Å². The monoisotopic (exact) mass is 361 g/mol. The molecule has 0 aromatic carbocycles. The Kier molecular flexibility index (Phi) is 7.15. The highest BCUT2D eigenvalue weighted by Crippen LogP contribution is 2.31. The molecule has 3 rings (SSSR count). The molecule has 1 aliphatic carbocycles. The van der Waals surface area contributed by atoms with Crippen LogP contribution in [0.2, 0.25) is 0 Å². The minimum absolute atomic E-state index is 0. The van der Waals surface area contributed by atoms with E-state index in [9.17, 15) is 4.79 Å². The molecule has 3 N–H and O–H groups in total. The lowest BCUT2D eigenvalue weighted by Crippen LogP contribution is -2.38. The number of amides is 1. The van der Waals surface area contributed by atoms with E-state index in [1.54, 1.807) is 24.0 Å². The second kappa shape index (κ2) is 8.38. The van der Waals surface area contributed by atoms with Gasteiger partial charge in [0.15, 0.2) is 0 Å². The summed E-state index contributed by atoms with van der Waals surface area (Å²) >= 11 is 1.38. The van der Waals surface area contributed by atoms with Crippen LogP contribution >= 0.6 is 36.2 Å². The Morgan fingerprint density at radius 2 is 2.18 bits per heavy atom. The van der Waals surface area contributed by atoms with Gasteiger partial charge in [0, 0.05) is 30.4 Å². The summed E-state index contributed by atoms with van der Waals surface area (Å²) in [5, 5.41) is 5.24. The average Bonchev–Trinajstić information content (AvgIpc) is 3.22. The van der Waals surface area contributed by atoms with Crippen LogP contribution in [0.25, 0.3) is 10.7 Å². The molecule has 0 radical (unpaired) electrons. The first-order valence-corrected chi connectivity index (χ1v) is 7.37. The van der Waals surface area contributed by atoms with Crippen molar-refractivity contribution >= 4 is 42.1 Å². The molecule has 120 valence electrons. The minimum atomic E-state index is -0.188. The van der Waals surface area contributed by atoms with Gasteiger partial charge in [-0.25, -0.2) is 4.98 Å². The molecule has 2 heterocycles. The summed E-state index contributed by atoms with van der Waals surface area (Å²) in [5.74, 6) is 0.383. The molecule has 1 atom stereocenters. The van der Waals surface area contributed by atoms with E-state index in [0.717, 1.165) is 0 Å². The molecule has 0 bridgehead atoms. The first-order valence-electron chi connectivity index (χ1n) is 6.50. The Labute approximate surface area is 144 Å². The van der Waals surface area contributed by atoms with Crippen molar-refractivity contribution < 1.29 is 4.79 Å². The Balaban J connectivity index is 0.00000121. The first-order chi connectivity index (χ1) is 9.74. The van der Waals surface area contributed by atoms with Crippen LogP contribution in [-0.2, 0) is 0 Å². The van der Waals surface area contributed by atoms with Gasteiger partial charge in [0.05, 0.1) is 6.20 Å². The van der Waals surface area contributed by atoms with Gasteiger partial charge in [-0.15, -0.1) is 36.2 Å². The molecule has 6 nitrogen and oxygen atoms in total. The van der Waals surface area contributed by atoms with Gasteiger partial charge in [-0.3, -0.25) is 14.8 Å². The number of hydrogen-bond donors (Lipinski definition) is 2. The average molecular weight is 362 g/mol. The third-order valence-electron chi connectivity index (χ3n) is 3.24. The minimum Gasteiger partial charge on any atom is -0.349 e. The van der Waals surface area contributed by atoms with Crippen LogP contribution in [0.1, 0.15) is 23.3 Å². The van der Waals surface area contributed by atoms with Crippen molar-refractivity contribution in [1.82, 2.24) is 20.3 Å². The lowest BCUT2D eigenvalue weighted by atomic mass is 10.2. The molecule has 2 aromatic heterocycles. The Bertz CT molecular complexity index is 605. The molecular formula is C13H17Cl2N5OS. The van der Waals surface area contributed by atoms with E-state index in [1.807, 2.05) is 0 Å². The number of aromatic nitrogens is 3. The van der Waals surface area contributed by atoms with E-state index in [0.29, 0.717) is 28.9 Å². The smallest absolute Gasteiger partial charge is 0.270 e. The van der Waals surface area contributed by atoms with Crippen LogP contribution in [0.3, 0.4) is 0 Å². The van der Waals surface area contributed by atoms with E-state index >= 15 is 0 Å². The summed E-state index contributed by atoms with van der Waals surface area (Å²) in [6.45, 7) is 0.501. The molecule has 1 fully saturated rings. The van der Waals surface area contributed by atoms with Crippen LogP contribution in [0.5, 0.6) is 0 Å². The lowest BCUT2D eigenvalue weighted by molar-refractivity contribution is 0.0946. The van der Waals surface area contributed by atoms with Crippen molar-refractivity contribution in [2.45, 2.75) is 18.9 Å². The summed E-state index contributed by atoms with van der Waals surface area (Å²) < 4.78 is 0. The van der Waals surface area contributed by atoms with Crippen LogP contribution in [0.4, 0.5) is 0 Å². The maximum atomic E-state index is 12.0. The second-order valence-corrected chi connectivity index (χ2v) is 5.70. The highest BCUT2D eigenvalue weighted by molar-refractivity contribution is 7.13. The van der Waals surface area contributed by atoms with E-state index < -0.39 is 0 Å². The summed E-state index contributed by atoms with van der Waals surface area (Å²) in [7, 11) is 0. The number of nitrogens with zero attached hydrogens (tertiary/aromatic N) is 3. The Morgan fingerprint density at radius 3 is 2.82 bits per heavy atom.